The van der Waals surface area contributed by atoms with E-state index >= 15 is 0 Å². The zero-order valence-electron chi connectivity index (χ0n) is 10.6. The minimum atomic E-state index is -3.57. The lowest BCUT2D eigenvalue weighted by Gasteiger charge is -2.06. The van der Waals surface area contributed by atoms with Crippen LogP contribution in [-0.4, -0.2) is 19.4 Å². The van der Waals surface area contributed by atoms with Gasteiger partial charge in [-0.3, -0.25) is 4.79 Å². The van der Waals surface area contributed by atoms with Crippen molar-refractivity contribution in [3.63, 3.8) is 0 Å². The number of aromatic amines is 1. The Labute approximate surface area is 116 Å². The van der Waals surface area contributed by atoms with E-state index in [2.05, 4.69) is 9.71 Å². The second-order valence-electron chi connectivity index (χ2n) is 4.87. The van der Waals surface area contributed by atoms with Crippen LogP contribution in [0, 0.1) is 0 Å². The van der Waals surface area contributed by atoms with Crippen molar-refractivity contribution in [2.45, 2.75) is 23.3 Å². The third kappa shape index (κ3) is 2.66. The van der Waals surface area contributed by atoms with E-state index in [1.165, 1.54) is 18.3 Å². The van der Waals surface area contributed by atoms with Gasteiger partial charge in [0.05, 0.1) is 4.90 Å². The Balaban J connectivity index is 1.73. The molecule has 0 spiro atoms. The SMILES string of the molecule is O=c1ccc(S(=O)(=O)NC2CC2c2ccccc2)c[nH]1. The van der Waals surface area contributed by atoms with Crippen molar-refractivity contribution in [3.05, 3.63) is 64.6 Å². The maximum atomic E-state index is 12.1. The van der Waals surface area contributed by atoms with Crippen LogP contribution in [-0.2, 0) is 10.0 Å². The monoisotopic (exact) mass is 290 g/mol. The predicted molar refractivity (Wildman–Crippen MR) is 75.0 cm³/mol. The van der Waals surface area contributed by atoms with Gasteiger partial charge < -0.3 is 4.98 Å². The molecule has 0 radical (unpaired) electrons. The lowest BCUT2D eigenvalue weighted by atomic mass is 10.1. The molecule has 0 bridgehead atoms. The first-order chi connectivity index (χ1) is 9.56. The first kappa shape index (κ1) is 13.1. The van der Waals surface area contributed by atoms with Crippen LogP contribution in [0.3, 0.4) is 0 Å². The Morgan fingerprint density at radius 2 is 1.85 bits per heavy atom. The number of rotatable bonds is 4. The average molecular weight is 290 g/mol. The number of hydrogen-bond acceptors (Lipinski definition) is 3. The number of sulfonamides is 1. The maximum Gasteiger partial charge on any atom is 0.247 e. The molecular formula is C14H14N2O3S. The maximum absolute atomic E-state index is 12.1. The third-order valence-corrected chi connectivity index (χ3v) is 4.88. The summed E-state index contributed by atoms with van der Waals surface area (Å²) in [6, 6.07) is 12.3. The molecule has 2 N–H and O–H groups in total. The molecule has 5 nitrogen and oxygen atoms in total. The van der Waals surface area contributed by atoms with Crippen molar-refractivity contribution >= 4 is 10.0 Å². The van der Waals surface area contributed by atoms with E-state index in [0.717, 1.165) is 12.0 Å². The molecule has 2 aromatic rings. The fraction of sp³-hybridized carbons (Fsp3) is 0.214. The molecule has 1 fully saturated rings. The molecule has 2 unspecified atom stereocenters. The second-order valence-corrected chi connectivity index (χ2v) is 6.58. The molecule has 1 aromatic carbocycles. The van der Waals surface area contributed by atoms with Crippen molar-refractivity contribution in [1.29, 1.82) is 0 Å². The van der Waals surface area contributed by atoms with Gasteiger partial charge in [-0.25, -0.2) is 13.1 Å². The van der Waals surface area contributed by atoms with Gasteiger partial charge >= 0.3 is 0 Å². The van der Waals surface area contributed by atoms with Crippen LogP contribution in [0.4, 0.5) is 0 Å². The number of pyridine rings is 1. The van der Waals surface area contributed by atoms with E-state index in [0.29, 0.717) is 0 Å². The molecular weight excluding hydrogens is 276 g/mol. The summed E-state index contributed by atoms with van der Waals surface area (Å²) in [5.74, 6) is 0.230. The normalized spacial score (nSPS) is 21.6. The molecule has 1 heterocycles. The van der Waals surface area contributed by atoms with Crippen LogP contribution in [0.2, 0.25) is 0 Å². The molecule has 0 aliphatic heterocycles. The number of benzene rings is 1. The summed E-state index contributed by atoms with van der Waals surface area (Å²) in [7, 11) is -3.57. The highest BCUT2D eigenvalue weighted by molar-refractivity contribution is 7.89. The summed E-state index contributed by atoms with van der Waals surface area (Å²) in [4.78, 5) is 13.4. The van der Waals surface area contributed by atoms with Crippen molar-refractivity contribution in [2.24, 2.45) is 0 Å². The topological polar surface area (TPSA) is 79.0 Å². The lowest BCUT2D eigenvalue weighted by molar-refractivity contribution is 0.579. The van der Waals surface area contributed by atoms with Crippen molar-refractivity contribution < 1.29 is 8.42 Å². The van der Waals surface area contributed by atoms with Crippen molar-refractivity contribution in [3.8, 4) is 0 Å². The molecule has 3 rings (SSSR count). The minimum absolute atomic E-state index is 0.0747. The molecule has 1 aromatic heterocycles. The van der Waals surface area contributed by atoms with Crippen LogP contribution < -0.4 is 10.3 Å². The van der Waals surface area contributed by atoms with Gasteiger partial charge in [0.2, 0.25) is 15.6 Å². The van der Waals surface area contributed by atoms with Gasteiger partial charge in [0, 0.05) is 24.2 Å². The number of hydrogen-bond donors (Lipinski definition) is 2. The minimum Gasteiger partial charge on any atom is -0.328 e. The van der Waals surface area contributed by atoms with Gasteiger partial charge in [0.15, 0.2) is 0 Å². The Hall–Kier alpha value is -1.92. The Bertz CT molecular complexity index is 748. The smallest absolute Gasteiger partial charge is 0.247 e. The predicted octanol–water partition coefficient (Wildman–Crippen LogP) is 1.21. The molecule has 2 atom stereocenters. The van der Waals surface area contributed by atoms with Crippen molar-refractivity contribution in [2.75, 3.05) is 0 Å². The Kier molecular flexibility index (Phi) is 3.19. The molecule has 1 aliphatic carbocycles. The summed E-state index contributed by atoms with van der Waals surface area (Å²) >= 11 is 0. The first-order valence-electron chi connectivity index (χ1n) is 6.32. The summed E-state index contributed by atoms with van der Waals surface area (Å²) in [6.45, 7) is 0. The molecule has 0 amide bonds. The standard InChI is InChI=1S/C14H14N2O3S/c17-14-7-6-11(9-15-14)20(18,19)16-13-8-12(13)10-4-2-1-3-5-10/h1-7,9,12-13,16H,8H2,(H,15,17). The van der Waals surface area contributed by atoms with Gasteiger partial charge in [-0.05, 0) is 18.1 Å². The van der Waals surface area contributed by atoms with Gasteiger partial charge in [-0.2, -0.15) is 0 Å². The van der Waals surface area contributed by atoms with E-state index in [-0.39, 0.29) is 22.4 Å². The lowest BCUT2D eigenvalue weighted by Crippen LogP contribution is -2.27. The highest BCUT2D eigenvalue weighted by atomic mass is 32.2. The second kappa shape index (κ2) is 4.88. The van der Waals surface area contributed by atoms with E-state index in [4.69, 9.17) is 0 Å². The van der Waals surface area contributed by atoms with E-state index < -0.39 is 10.0 Å². The molecule has 104 valence electrons. The summed E-state index contributed by atoms with van der Waals surface area (Å²) < 4.78 is 26.9. The molecule has 6 heteroatoms. The van der Waals surface area contributed by atoms with Crippen molar-refractivity contribution in [1.82, 2.24) is 9.71 Å². The molecule has 20 heavy (non-hydrogen) atoms. The van der Waals surface area contributed by atoms with Crippen LogP contribution in [0.25, 0.3) is 0 Å². The van der Waals surface area contributed by atoms with Gasteiger partial charge in [0.25, 0.3) is 0 Å². The number of nitrogens with one attached hydrogen (secondary N) is 2. The highest BCUT2D eigenvalue weighted by Gasteiger charge is 2.41. The van der Waals surface area contributed by atoms with Gasteiger partial charge in [-0.15, -0.1) is 0 Å². The third-order valence-electron chi connectivity index (χ3n) is 3.39. The van der Waals surface area contributed by atoms with E-state index in [1.54, 1.807) is 0 Å². The molecule has 0 saturated heterocycles. The van der Waals surface area contributed by atoms with Crippen LogP contribution in [0.15, 0.2) is 58.4 Å². The summed E-state index contributed by atoms with van der Waals surface area (Å²) in [5.41, 5.74) is 0.819. The van der Waals surface area contributed by atoms with E-state index in [9.17, 15) is 13.2 Å². The number of H-pyrrole nitrogens is 1. The summed E-state index contributed by atoms with van der Waals surface area (Å²) in [5, 5.41) is 0. The first-order valence-corrected chi connectivity index (χ1v) is 7.80. The fourth-order valence-corrected chi connectivity index (χ4v) is 3.48. The zero-order chi connectivity index (χ0) is 14.2. The van der Waals surface area contributed by atoms with Gasteiger partial charge in [-0.1, -0.05) is 30.3 Å². The molecule has 1 aliphatic rings. The quantitative estimate of drug-likeness (QED) is 0.888. The van der Waals surface area contributed by atoms with Gasteiger partial charge in [0.1, 0.15) is 0 Å². The van der Waals surface area contributed by atoms with Crippen LogP contribution >= 0.6 is 0 Å². The molecule has 1 saturated carbocycles. The van der Waals surface area contributed by atoms with E-state index in [1.807, 2.05) is 30.3 Å². The zero-order valence-corrected chi connectivity index (χ0v) is 11.4. The summed E-state index contributed by atoms with van der Waals surface area (Å²) in [6.07, 6.45) is 2.01. The van der Waals surface area contributed by atoms with Crippen LogP contribution in [0.1, 0.15) is 17.9 Å². The largest absolute Gasteiger partial charge is 0.328 e. The Morgan fingerprint density at radius 1 is 1.10 bits per heavy atom. The Morgan fingerprint density at radius 3 is 2.50 bits per heavy atom. The highest BCUT2D eigenvalue weighted by Crippen LogP contribution is 2.41. The number of aromatic nitrogens is 1. The average Bonchev–Trinajstić information content (AvgIpc) is 3.19. The fourth-order valence-electron chi connectivity index (χ4n) is 2.22. The van der Waals surface area contributed by atoms with Crippen LogP contribution in [0.5, 0.6) is 0 Å².